The Morgan fingerprint density at radius 2 is 1.91 bits per heavy atom. The van der Waals surface area contributed by atoms with Gasteiger partial charge in [-0.3, -0.25) is 4.79 Å². The molecule has 4 nitrogen and oxygen atoms in total. The summed E-state index contributed by atoms with van der Waals surface area (Å²) in [6.07, 6.45) is 0. The Hall–Kier alpha value is -2.07. The van der Waals surface area contributed by atoms with Gasteiger partial charge in [-0.05, 0) is 42.3 Å². The van der Waals surface area contributed by atoms with Crippen LogP contribution in [0.4, 0.5) is 0 Å². The van der Waals surface area contributed by atoms with Gasteiger partial charge in [0.2, 0.25) is 5.91 Å². The number of nitrogens with zero attached hydrogens (tertiary/aromatic N) is 1. The summed E-state index contributed by atoms with van der Waals surface area (Å²) in [6.45, 7) is 4.81. The van der Waals surface area contributed by atoms with Crippen LogP contribution in [-0.4, -0.2) is 42.7 Å². The lowest BCUT2D eigenvalue weighted by molar-refractivity contribution is -0.132. The zero-order valence-corrected chi connectivity index (χ0v) is 13.4. The molecule has 0 radical (unpaired) electrons. The molecule has 0 saturated heterocycles. The molecule has 0 aliphatic heterocycles. The van der Waals surface area contributed by atoms with Crippen molar-refractivity contribution in [3.8, 4) is 5.75 Å². The Morgan fingerprint density at radius 3 is 2.55 bits per heavy atom. The summed E-state index contributed by atoms with van der Waals surface area (Å²) in [4.78, 5) is 14.2. The molecule has 1 N–H and O–H groups in total. The molecule has 2 rings (SSSR count). The van der Waals surface area contributed by atoms with Gasteiger partial charge in [-0.15, -0.1) is 0 Å². The molecule has 118 valence electrons. The standard InChI is InChI=1S/C18H23NO3/c1-4-19(9-10-20)18(21)13(2)14-5-6-16-12-17(22-3)8-7-15(16)11-14/h5-8,11-13,20H,4,9-10H2,1-3H3/t13-/m0/s1. The highest BCUT2D eigenvalue weighted by Crippen LogP contribution is 2.26. The number of rotatable bonds is 6. The van der Waals surface area contributed by atoms with Crippen molar-refractivity contribution in [3.63, 3.8) is 0 Å². The van der Waals surface area contributed by atoms with Gasteiger partial charge in [0.25, 0.3) is 0 Å². The highest BCUT2D eigenvalue weighted by atomic mass is 16.5. The van der Waals surface area contributed by atoms with Crippen LogP contribution in [-0.2, 0) is 4.79 Å². The molecule has 0 spiro atoms. The molecule has 0 heterocycles. The molecular formula is C18H23NO3. The molecule has 22 heavy (non-hydrogen) atoms. The van der Waals surface area contributed by atoms with Crippen LogP contribution < -0.4 is 4.74 Å². The topological polar surface area (TPSA) is 49.8 Å². The number of hydrogen-bond donors (Lipinski definition) is 1. The van der Waals surface area contributed by atoms with E-state index in [1.54, 1.807) is 12.0 Å². The van der Waals surface area contributed by atoms with Crippen LogP contribution in [0.2, 0.25) is 0 Å². The van der Waals surface area contributed by atoms with Crippen molar-refractivity contribution < 1.29 is 14.6 Å². The summed E-state index contributed by atoms with van der Waals surface area (Å²) in [5.41, 5.74) is 0.985. The predicted molar refractivity (Wildman–Crippen MR) is 88.3 cm³/mol. The lowest BCUT2D eigenvalue weighted by atomic mass is 9.96. The van der Waals surface area contributed by atoms with Crippen molar-refractivity contribution >= 4 is 16.7 Å². The highest BCUT2D eigenvalue weighted by molar-refractivity contribution is 5.88. The first-order valence-electron chi connectivity index (χ1n) is 7.58. The molecule has 0 unspecified atom stereocenters. The van der Waals surface area contributed by atoms with E-state index in [-0.39, 0.29) is 18.4 Å². The molecule has 0 aliphatic carbocycles. The Labute approximate surface area is 131 Å². The van der Waals surface area contributed by atoms with Gasteiger partial charge in [-0.2, -0.15) is 0 Å². The maximum absolute atomic E-state index is 12.5. The number of amides is 1. The van der Waals surface area contributed by atoms with E-state index in [2.05, 4.69) is 0 Å². The SMILES string of the molecule is CCN(CCO)C(=O)[C@@H](C)c1ccc2cc(OC)ccc2c1. The zero-order valence-electron chi connectivity index (χ0n) is 13.4. The van der Waals surface area contributed by atoms with Crippen molar-refractivity contribution in [2.75, 3.05) is 26.8 Å². The minimum atomic E-state index is -0.224. The van der Waals surface area contributed by atoms with Gasteiger partial charge in [-0.25, -0.2) is 0 Å². The Balaban J connectivity index is 2.28. The van der Waals surface area contributed by atoms with Gasteiger partial charge in [0.1, 0.15) is 5.75 Å². The third-order valence-corrected chi connectivity index (χ3v) is 4.01. The fraction of sp³-hybridized carbons (Fsp3) is 0.389. The van der Waals surface area contributed by atoms with E-state index < -0.39 is 0 Å². The van der Waals surface area contributed by atoms with E-state index >= 15 is 0 Å². The van der Waals surface area contributed by atoms with Gasteiger partial charge in [-0.1, -0.05) is 24.3 Å². The quantitative estimate of drug-likeness (QED) is 0.892. The summed E-state index contributed by atoms with van der Waals surface area (Å²) in [7, 11) is 1.65. The molecule has 2 aromatic carbocycles. The van der Waals surface area contributed by atoms with Crippen LogP contribution in [0, 0.1) is 0 Å². The Morgan fingerprint density at radius 1 is 1.23 bits per heavy atom. The van der Waals surface area contributed by atoms with Crippen molar-refractivity contribution in [3.05, 3.63) is 42.0 Å². The largest absolute Gasteiger partial charge is 0.497 e. The van der Waals surface area contributed by atoms with Crippen LogP contribution in [0.3, 0.4) is 0 Å². The third-order valence-electron chi connectivity index (χ3n) is 4.01. The Kier molecular flexibility index (Phi) is 5.39. The number of fused-ring (bicyclic) bond motifs is 1. The van der Waals surface area contributed by atoms with E-state index in [1.165, 1.54) is 0 Å². The lowest BCUT2D eigenvalue weighted by Gasteiger charge is -2.24. The third kappa shape index (κ3) is 3.39. The van der Waals surface area contributed by atoms with Gasteiger partial charge in [0.15, 0.2) is 0 Å². The Bertz CT molecular complexity index is 654. The molecule has 0 saturated carbocycles. The summed E-state index contributed by atoms with van der Waals surface area (Å²) in [6, 6.07) is 11.9. The molecule has 0 bridgehead atoms. The van der Waals surface area contributed by atoms with E-state index in [0.29, 0.717) is 13.1 Å². The number of carbonyl (C=O) groups is 1. The van der Waals surface area contributed by atoms with Crippen LogP contribution in [0.25, 0.3) is 10.8 Å². The minimum Gasteiger partial charge on any atom is -0.497 e. The first kappa shape index (κ1) is 16.3. The molecular weight excluding hydrogens is 278 g/mol. The maximum Gasteiger partial charge on any atom is 0.229 e. The van der Waals surface area contributed by atoms with Crippen LogP contribution in [0.15, 0.2) is 36.4 Å². The first-order valence-corrected chi connectivity index (χ1v) is 7.58. The normalized spacial score (nSPS) is 12.2. The molecule has 0 fully saturated rings. The molecule has 1 amide bonds. The average Bonchev–Trinajstić information content (AvgIpc) is 2.57. The second-order valence-corrected chi connectivity index (χ2v) is 5.34. The second kappa shape index (κ2) is 7.27. The molecule has 0 aromatic heterocycles. The number of benzene rings is 2. The number of ether oxygens (including phenoxy) is 1. The summed E-state index contributed by atoms with van der Waals surface area (Å²) < 4.78 is 5.23. The average molecular weight is 301 g/mol. The molecule has 2 aromatic rings. The van der Waals surface area contributed by atoms with Crippen LogP contribution in [0.1, 0.15) is 25.3 Å². The fourth-order valence-electron chi connectivity index (χ4n) is 2.60. The number of likely N-dealkylation sites (N-methyl/N-ethyl adjacent to an activating group) is 1. The van der Waals surface area contributed by atoms with E-state index in [9.17, 15) is 4.79 Å². The number of carbonyl (C=O) groups excluding carboxylic acids is 1. The first-order chi connectivity index (χ1) is 10.6. The monoisotopic (exact) mass is 301 g/mol. The lowest BCUT2D eigenvalue weighted by Crippen LogP contribution is -2.36. The molecule has 1 atom stereocenters. The van der Waals surface area contributed by atoms with Crippen molar-refractivity contribution in [2.24, 2.45) is 0 Å². The predicted octanol–water partition coefficient (Wildman–Crippen LogP) is 2.79. The summed E-state index contributed by atoms with van der Waals surface area (Å²) >= 11 is 0. The van der Waals surface area contributed by atoms with Crippen molar-refractivity contribution in [1.82, 2.24) is 4.90 Å². The molecule has 4 heteroatoms. The van der Waals surface area contributed by atoms with Crippen LogP contribution in [0.5, 0.6) is 5.75 Å². The number of hydrogen-bond acceptors (Lipinski definition) is 3. The number of aliphatic hydroxyl groups is 1. The summed E-state index contributed by atoms with van der Waals surface area (Å²) in [5, 5.41) is 11.2. The van der Waals surface area contributed by atoms with Gasteiger partial charge < -0.3 is 14.7 Å². The second-order valence-electron chi connectivity index (χ2n) is 5.34. The van der Waals surface area contributed by atoms with Crippen molar-refractivity contribution in [1.29, 1.82) is 0 Å². The van der Waals surface area contributed by atoms with Gasteiger partial charge in [0.05, 0.1) is 19.6 Å². The summed E-state index contributed by atoms with van der Waals surface area (Å²) in [5.74, 6) is 0.645. The van der Waals surface area contributed by atoms with E-state index in [1.807, 2.05) is 50.2 Å². The van der Waals surface area contributed by atoms with Gasteiger partial charge in [0, 0.05) is 13.1 Å². The molecule has 0 aliphatic rings. The fourth-order valence-corrected chi connectivity index (χ4v) is 2.60. The number of aliphatic hydroxyl groups excluding tert-OH is 1. The minimum absolute atomic E-state index is 0.0101. The van der Waals surface area contributed by atoms with E-state index in [0.717, 1.165) is 22.1 Å². The van der Waals surface area contributed by atoms with Crippen LogP contribution >= 0.6 is 0 Å². The maximum atomic E-state index is 12.5. The smallest absolute Gasteiger partial charge is 0.229 e. The van der Waals surface area contributed by atoms with E-state index in [4.69, 9.17) is 9.84 Å². The highest BCUT2D eigenvalue weighted by Gasteiger charge is 2.20. The van der Waals surface area contributed by atoms with Crippen molar-refractivity contribution in [2.45, 2.75) is 19.8 Å². The van der Waals surface area contributed by atoms with Gasteiger partial charge >= 0.3 is 0 Å². The number of methoxy groups -OCH3 is 1. The zero-order chi connectivity index (χ0) is 16.1.